The minimum absolute atomic E-state index is 0.00460. The van der Waals surface area contributed by atoms with Crippen LogP contribution in [0, 0.1) is 10.1 Å². The molecule has 0 aliphatic heterocycles. The Morgan fingerprint density at radius 2 is 2.14 bits per heavy atom. The van der Waals surface area contributed by atoms with E-state index in [1.54, 1.807) is 0 Å². The van der Waals surface area contributed by atoms with Crippen molar-refractivity contribution in [2.24, 2.45) is 0 Å². The van der Waals surface area contributed by atoms with Crippen LogP contribution < -0.4 is 5.32 Å². The van der Waals surface area contributed by atoms with Gasteiger partial charge >= 0.3 is 5.97 Å². The van der Waals surface area contributed by atoms with Gasteiger partial charge in [-0.05, 0) is 41.4 Å². The molecular weight excluding hydrogens is 356 g/mol. The van der Waals surface area contributed by atoms with Crippen LogP contribution in [0.5, 0.6) is 0 Å². The van der Waals surface area contributed by atoms with E-state index in [1.165, 1.54) is 12.1 Å². The van der Waals surface area contributed by atoms with E-state index in [4.69, 9.17) is 4.74 Å². The lowest BCUT2D eigenvalue weighted by atomic mass is 10.2. The molecule has 0 fully saturated rings. The summed E-state index contributed by atoms with van der Waals surface area (Å²) in [5.41, 5.74) is -0.222. The molecule has 0 aromatic heterocycles. The van der Waals surface area contributed by atoms with Gasteiger partial charge in [-0.1, -0.05) is 13.3 Å². The molecule has 0 unspecified atom stereocenters. The van der Waals surface area contributed by atoms with Crippen molar-refractivity contribution in [1.82, 2.24) is 5.32 Å². The van der Waals surface area contributed by atoms with Crippen LogP contribution in [0.15, 0.2) is 22.7 Å². The van der Waals surface area contributed by atoms with Gasteiger partial charge in [-0.15, -0.1) is 0 Å². The van der Waals surface area contributed by atoms with Crippen LogP contribution in [0.1, 0.15) is 37.0 Å². The summed E-state index contributed by atoms with van der Waals surface area (Å²) in [6.45, 7) is 3.45. The Bertz CT molecular complexity index is 576. The van der Waals surface area contributed by atoms with Gasteiger partial charge in [0.2, 0.25) is 0 Å². The van der Waals surface area contributed by atoms with E-state index in [2.05, 4.69) is 21.2 Å². The second kappa shape index (κ2) is 8.47. The van der Waals surface area contributed by atoms with Crippen LogP contribution in [-0.2, 0) is 9.53 Å². The second-order valence-corrected chi connectivity index (χ2v) is 5.61. The van der Waals surface area contributed by atoms with Crippen molar-refractivity contribution in [3.63, 3.8) is 0 Å². The van der Waals surface area contributed by atoms with Gasteiger partial charge in [0, 0.05) is 12.1 Å². The van der Waals surface area contributed by atoms with Crippen LogP contribution in [0.4, 0.5) is 5.69 Å². The van der Waals surface area contributed by atoms with Gasteiger partial charge in [-0.3, -0.25) is 14.9 Å². The number of nitro groups is 1. The lowest BCUT2D eigenvalue weighted by Gasteiger charge is -2.12. The number of rotatable bonds is 7. The van der Waals surface area contributed by atoms with Crippen LogP contribution in [-0.4, -0.2) is 29.4 Å². The topological polar surface area (TPSA) is 98.5 Å². The molecule has 120 valence electrons. The fourth-order valence-electron chi connectivity index (χ4n) is 1.82. The highest BCUT2D eigenvalue weighted by molar-refractivity contribution is 9.10. The quantitative estimate of drug-likeness (QED) is 0.450. The number of carbonyl (C=O) groups excluding carboxylic acids is 2. The summed E-state index contributed by atoms with van der Waals surface area (Å²) in [6, 6.07) is 3.88. The average Bonchev–Trinajstić information content (AvgIpc) is 2.45. The largest absolute Gasteiger partial charge is 0.452 e. The summed E-state index contributed by atoms with van der Waals surface area (Å²) in [5, 5.41) is 13.5. The van der Waals surface area contributed by atoms with E-state index < -0.39 is 23.4 Å². The Labute approximate surface area is 136 Å². The number of carbonyl (C=O) groups is 2. The maximum absolute atomic E-state index is 11.8. The van der Waals surface area contributed by atoms with Crippen LogP contribution >= 0.6 is 15.9 Å². The molecule has 1 aromatic carbocycles. The summed E-state index contributed by atoms with van der Waals surface area (Å²) in [5.74, 6) is -1.19. The van der Waals surface area contributed by atoms with Crippen LogP contribution in [0.2, 0.25) is 0 Å². The zero-order chi connectivity index (χ0) is 16.7. The molecule has 22 heavy (non-hydrogen) atoms. The monoisotopic (exact) mass is 372 g/mol. The first-order valence-corrected chi connectivity index (χ1v) is 7.54. The van der Waals surface area contributed by atoms with Gasteiger partial charge in [-0.25, -0.2) is 4.79 Å². The smallest absolute Gasteiger partial charge is 0.338 e. The first-order valence-electron chi connectivity index (χ1n) is 6.75. The fourth-order valence-corrected chi connectivity index (χ4v) is 2.21. The van der Waals surface area contributed by atoms with Crippen molar-refractivity contribution in [2.45, 2.75) is 32.7 Å². The molecule has 1 atom stereocenters. The van der Waals surface area contributed by atoms with Crippen molar-refractivity contribution >= 4 is 33.5 Å². The summed E-state index contributed by atoms with van der Waals surface area (Å²) in [6.07, 6.45) is 1.77. The molecule has 8 heteroatoms. The van der Waals surface area contributed by atoms with Gasteiger partial charge in [0.1, 0.15) is 0 Å². The predicted molar refractivity (Wildman–Crippen MR) is 83.6 cm³/mol. The van der Waals surface area contributed by atoms with Gasteiger partial charge in [0.15, 0.2) is 6.61 Å². The number of nitro benzene ring substituents is 1. The van der Waals surface area contributed by atoms with Crippen molar-refractivity contribution in [3.05, 3.63) is 38.3 Å². The zero-order valence-electron chi connectivity index (χ0n) is 12.3. The molecule has 0 radical (unpaired) electrons. The van der Waals surface area contributed by atoms with E-state index in [1.807, 2.05) is 13.8 Å². The summed E-state index contributed by atoms with van der Waals surface area (Å²) < 4.78 is 5.12. The van der Waals surface area contributed by atoms with E-state index >= 15 is 0 Å². The fraction of sp³-hybridized carbons (Fsp3) is 0.429. The molecular formula is C14H17BrN2O5. The molecule has 1 N–H and O–H groups in total. The number of esters is 1. The number of hydrogen-bond acceptors (Lipinski definition) is 5. The number of benzene rings is 1. The Hall–Kier alpha value is -1.96. The van der Waals surface area contributed by atoms with Crippen molar-refractivity contribution < 1.29 is 19.2 Å². The Morgan fingerprint density at radius 1 is 1.45 bits per heavy atom. The number of hydrogen-bond donors (Lipinski definition) is 1. The van der Waals surface area contributed by atoms with Crippen molar-refractivity contribution in [1.29, 1.82) is 0 Å². The van der Waals surface area contributed by atoms with Crippen LogP contribution in [0.25, 0.3) is 0 Å². The molecule has 1 amide bonds. The lowest BCUT2D eigenvalue weighted by molar-refractivity contribution is -0.385. The highest BCUT2D eigenvalue weighted by Gasteiger charge is 2.18. The molecule has 1 aromatic rings. The Morgan fingerprint density at radius 3 is 2.73 bits per heavy atom. The number of nitrogens with zero attached hydrogens (tertiary/aromatic N) is 1. The molecule has 1 rings (SSSR count). The third kappa shape index (κ3) is 5.44. The Kier molecular flexibility index (Phi) is 6.97. The molecule has 0 saturated heterocycles. The van der Waals surface area contributed by atoms with Gasteiger partial charge in [0.05, 0.1) is 15.0 Å². The molecule has 0 heterocycles. The van der Waals surface area contributed by atoms with Crippen LogP contribution in [0.3, 0.4) is 0 Å². The SMILES string of the molecule is CCC[C@H](C)NC(=O)COC(=O)c1ccc(Br)c([N+](=O)[O-])c1. The lowest BCUT2D eigenvalue weighted by Crippen LogP contribution is -2.35. The maximum Gasteiger partial charge on any atom is 0.338 e. The minimum atomic E-state index is -0.783. The van der Waals surface area contributed by atoms with Crippen molar-refractivity contribution in [3.8, 4) is 0 Å². The molecule has 0 aliphatic rings. The summed E-state index contributed by atoms with van der Waals surface area (Å²) >= 11 is 3.03. The van der Waals surface area contributed by atoms with E-state index in [0.29, 0.717) is 0 Å². The van der Waals surface area contributed by atoms with E-state index in [9.17, 15) is 19.7 Å². The first-order chi connectivity index (χ1) is 10.3. The van der Waals surface area contributed by atoms with Gasteiger partial charge in [0.25, 0.3) is 11.6 Å². The van der Waals surface area contributed by atoms with E-state index in [-0.39, 0.29) is 21.8 Å². The molecule has 0 saturated carbocycles. The third-order valence-electron chi connectivity index (χ3n) is 2.84. The first kappa shape index (κ1) is 18.1. The number of halogens is 1. The summed E-state index contributed by atoms with van der Waals surface area (Å²) in [4.78, 5) is 33.6. The summed E-state index contributed by atoms with van der Waals surface area (Å²) in [7, 11) is 0. The predicted octanol–water partition coefficient (Wildman–Crippen LogP) is 2.82. The maximum atomic E-state index is 11.8. The zero-order valence-corrected chi connectivity index (χ0v) is 13.9. The second-order valence-electron chi connectivity index (χ2n) is 4.76. The third-order valence-corrected chi connectivity index (χ3v) is 3.51. The van der Waals surface area contributed by atoms with Crippen molar-refractivity contribution in [2.75, 3.05) is 6.61 Å². The van der Waals surface area contributed by atoms with Gasteiger partial charge < -0.3 is 10.1 Å². The highest BCUT2D eigenvalue weighted by atomic mass is 79.9. The molecule has 7 nitrogen and oxygen atoms in total. The Balaban J connectivity index is 2.61. The number of amides is 1. The highest BCUT2D eigenvalue weighted by Crippen LogP contribution is 2.25. The number of ether oxygens (including phenoxy) is 1. The average molecular weight is 373 g/mol. The number of nitrogens with one attached hydrogen (secondary N) is 1. The minimum Gasteiger partial charge on any atom is -0.452 e. The molecule has 0 bridgehead atoms. The van der Waals surface area contributed by atoms with Gasteiger partial charge in [-0.2, -0.15) is 0 Å². The molecule has 0 spiro atoms. The van der Waals surface area contributed by atoms with E-state index in [0.717, 1.165) is 18.9 Å². The molecule has 0 aliphatic carbocycles. The normalized spacial score (nSPS) is 11.6. The standard InChI is InChI=1S/C14H17BrN2O5/c1-3-4-9(2)16-13(18)8-22-14(19)10-5-6-11(15)12(7-10)17(20)21/h5-7,9H,3-4,8H2,1-2H3,(H,16,18)/t9-/m0/s1.